The second kappa shape index (κ2) is 6.75. The smallest absolute Gasteiger partial charge is 0.324 e. The van der Waals surface area contributed by atoms with Gasteiger partial charge in [0.2, 0.25) is 0 Å². The monoisotopic (exact) mass is 314 g/mol. The Hall–Kier alpha value is -0.295. The van der Waals surface area contributed by atoms with Crippen LogP contribution in [0.1, 0.15) is 25.3 Å². The van der Waals surface area contributed by atoms with E-state index in [-0.39, 0.29) is 58.2 Å². The molecule has 0 radical (unpaired) electrons. The summed E-state index contributed by atoms with van der Waals surface area (Å²) in [6, 6.07) is 9.85. The van der Waals surface area contributed by atoms with Crippen molar-refractivity contribution in [3.63, 3.8) is 0 Å². The van der Waals surface area contributed by atoms with E-state index in [2.05, 4.69) is 24.9 Å². The van der Waals surface area contributed by atoms with Gasteiger partial charge >= 0.3 is 63.9 Å². The van der Waals surface area contributed by atoms with E-state index in [0.29, 0.717) is 11.6 Å². The maximum Gasteiger partial charge on any atom is 1.00 e. The number of rotatable bonds is 2. The van der Waals surface area contributed by atoms with Gasteiger partial charge in [0.05, 0.1) is 0 Å². The number of hydrogen-bond donors (Lipinski definition) is 1. The quantitative estimate of drug-likeness (QED) is 0.683. The Morgan fingerprint density at radius 2 is 2.00 bits per heavy atom. The molecule has 0 aliphatic rings. The molecule has 0 amide bonds. The van der Waals surface area contributed by atoms with Gasteiger partial charge in [0, 0.05) is 12.3 Å². The van der Waals surface area contributed by atoms with E-state index in [4.69, 9.17) is 0 Å². The molecule has 4 nitrogen and oxygen atoms in total. The first kappa shape index (κ1) is 15.8. The van der Waals surface area contributed by atoms with Crippen LogP contribution in [0.3, 0.4) is 0 Å². The van der Waals surface area contributed by atoms with Crippen LogP contribution in [0.5, 0.6) is 0 Å². The van der Waals surface area contributed by atoms with Crippen molar-refractivity contribution in [1.29, 1.82) is 0 Å². The minimum absolute atomic E-state index is 0. The maximum atomic E-state index is 11.6. The fourth-order valence-corrected chi connectivity index (χ4v) is 1.57. The number of aromatic amines is 1. The Kier molecular flexibility index (Phi) is 5.91. The third-order valence-corrected chi connectivity index (χ3v) is 2.56. The number of nitrogens with zero attached hydrogens (tertiary/aromatic N) is 1. The predicted molar refractivity (Wildman–Crippen MR) is 65.6 cm³/mol. The summed E-state index contributed by atoms with van der Waals surface area (Å²) in [6.07, 6.45) is 1.47. The number of benzene rings is 1. The summed E-state index contributed by atoms with van der Waals surface area (Å²) in [6.45, 7) is 4.14. The SMILES string of the molecule is CC(C)c1c[c-]cc(-n2ccc(=O)[nH]c2=O)c1.[Rb+]. The number of nitrogens with one attached hydrogen (secondary N) is 1. The Balaban J connectivity index is 0.00000162. The van der Waals surface area contributed by atoms with E-state index in [0.717, 1.165) is 5.56 Å². The van der Waals surface area contributed by atoms with Crippen molar-refractivity contribution in [2.45, 2.75) is 19.8 Å². The van der Waals surface area contributed by atoms with E-state index in [1.807, 2.05) is 12.1 Å². The molecule has 0 unspecified atom stereocenters. The summed E-state index contributed by atoms with van der Waals surface area (Å²) in [7, 11) is 0. The Morgan fingerprint density at radius 3 is 2.61 bits per heavy atom. The van der Waals surface area contributed by atoms with E-state index in [1.165, 1.54) is 16.8 Å². The number of aromatic nitrogens is 2. The molecule has 1 aromatic heterocycles. The summed E-state index contributed by atoms with van der Waals surface area (Å²) in [5.74, 6) is 0.365. The van der Waals surface area contributed by atoms with Crippen LogP contribution in [0.4, 0.5) is 0 Å². The topological polar surface area (TPSA) is 54.9 Å². The molecule has 0 aliphatic carbocycles. The van der Waals surface area contributed by atoms with Crippen LogP contribution in [0, 0.1) is 6.07 Å². The normalized spacial score (nSPS) is 10.2. The zero-order valence-corrected chi connectivity index (χ0v) is 15.6. The van der Waals surface area contributed by atoms with Crippen LogP contribution in [0.25, 0.3) is 5.69 Å². The predicted octanol–water partition coefficient (Wildman–Crippen LogP) is -1.55. The molecule has 1 aromatic carbocycles. The van der Waals surface area contributed by atoms with Crippen molar-refractivity contribution in [2.75, 3.05) is 0 Å². The van der Waals surface area contributed by atoms with Crippen LogP contribution in [-0.2, 0) is 0 Å². The summed E-state index contributed by atoms with van der Waals surface area (Å²) in [5, 5.41) is 0. The van der Waals surface area contributed by atoms with Crippen molar-refractivity contribution in [2.24, 2.45) is 0 Å². The van der Waals surface area contributed by atoms with Gasteiger partial charge in [0.15, 0.2) is 0 Å². The molecule has 0 saturated heterocycles. The molecule has 0 fully saturated rings. The van der Waals surface area contributed by atoms with Crippen LogP contribution in [-0.4, -0.2) is 9.55 Å². The van der Waals surface area contributed by atoms with E-state index < -0.39 is 11.2 Å². The molecule has 0 bridgehead atoms. The maximum absolute atomic E-state index is 11.6. The van der Waals surface area contributed by atoms with Gasteiger partial charge in [-0.05, 0) is 0 Å². The van der Waals surface area contributed by atoms with Crippen molar-refractivity contribution in [1.82, 2.24) is 9.55 Å². The first-order valence-corrected chi connectivity index (χ1v) is 5.41. The van der Waals surface area contributed by atoms with Crippen molar-refractivity contribution in [3.8, 4) is 5.69 Å². The van der Waals surface area contributed by atoms with Gasteiger partial charge in [-0.15, -0.1) is 6.07 Å². The van der Waals surface area contributed by atoms with E-state index >= 15 is 0 Å². The number of H-pyrrole nitrogens is 1. The summed E-state index contributed by atoms with van der Waals surface area (Å²) < 4.78 is 1.39. The van der Waals surface area contributed by atoms with Crippen LogP contribution in [0.2, 0.25) is 0 Å². The van der Waals surface area contributed by atoms with Crippen molar-refractivity contribution >= 4 is 0 Å². The van der Waals surface area contributed by atoms with Gasteiger partial charge in [-0.1, -0.05) is 25.5 Å². The van der Waals surface area contributed by atoms with Gasteiger partial charge in [-0.2, -0.15) is 23.8 Å². The molecular weight excluding hydrogens is 302 g/mol. The van der Waals surface area contributed by atoms with E-state index in [1.54, 1.807) is 6.07 Å². The summed E-state index contributed by atoms with van der Waals surface area (Å²) in [5.41, 5.74) is 0.972. The molecule has 18 heavy (non-hydrogen) atoms. The molecular formula is C13H13N2O2Rb. The largest absolute Gasteiger partial charge is 1.00 e. The summed E-state index contributed by atoms with van der Waals surface area (Å²) >= 11 is 0. The Labute approximate surface area is 154 Å². The molecule has 88 valence electrons. The molecule has 1 heterocycles. The van der Waals surface area contributed by atoms with Gasteiger partial charge in [0.1, 0.15) is 0 Å². The Bertz CT molecular complexity index is 644. The van der Waals surface area contributed by atoms with E-state index in [9.17, 15) is 9.59 Å². The van der Waals surface area contributed by atoms with Gasteiger partial charge in [-0.25, -0.2) is 4.79 Å². The molecule has 2 rings (SSSR count). The molecule has 5 heteroatoms. The molecule has 0 spiro atoms. The minimum atomic E-state index is -0.438. The van der Waals surface area contributed by atoms with Crippen LogP contribution >= 0.6 is 0 Å². The third kappa shape index (κ3) is 3.60. The fraction of sp³-hybridized carbons (Fsp3) is 0.231. The molecule has 2 aromatic rings. The minimum Gasteiger partial charge on any atom is -0.324 e. The molecule has 1 N–H and O–H groups in total. The van der Waals surface area contributed by atoms with Crippen LogP contribution in [0.15, 0.2) is 40.1 Å². The fourth-order valence-electron chi connectivity index (χ4n) is 1.57. The Morgan fingerprint density at radius 1 is 1.28 bits per heavy atom. The average molecular weight is 315 g/mol. The molecule has 0 aliphatic heterocycles. The average Bonchev–Trinajstić information content (AvgIpc) is 2.29. The van der Waals surface area contributed by atoms with Gasteiger partial charge in [0.25, 0.3) is 5.56 Å². The second-order valence-electron chi connectivity index (χ2n) is 4.16. The second-order valence-corrected chi connectivity index (χ2v) is 4.16. The van der Waals surface area contributed by atoms with Crippen LogP contribution < -0.4 is 69.4 Å². The van der Waals surface area contributed by atoms with Gasteiger partial charge < -0.3 is 4.57 Å². The zero-order valence-electron chi connectivity index (χ0n) is 10.7. The first-order valence-electron chi connectivity index (χ1n) is 5.41. The summed E-state index contributed by atoms with van der Waals surface area (Å²) in [4.78, 5) is 24.8. The van der Waals surface area contributed by atoms with Crippen molar-refractivity contribution < 1.29 is 58.2 Å². The molecule has 0 saturated carbocycles. The van der Waals surface area contributed by atoms with Crippen molar-refractivity contribution in [3.05, 3.63) is 62.9 Å². The third-order valence-electron chi connectivity index (χ3n) is 2.56. The molecule has 0 atom stereocenters. The standard InChI is InChI=1S/C13H13N2O2.Rb/c1-9(2)10-4-3-5-11(8-10)15-7-6-12(16)14-13(15)17;/h4-9H,1-2H3,(H,14,16,17);/q-1;+1. The van der Waals surface area contributed by atoms with Gasteiger partial charge in [-0.3, -0.25) is 9.78 Å². The first-order chi connectivity index (χ1) is 8.08. The number of hydrogen-bond acceptors (Lipinski definition) is 2. The zero-order chi connectivity index (χ0) is 12.4.